The van der Waals surface area contributed by atoms with Crippen LogP contribution in [0.15, 0.2) is 12.4 Å². The summed E-state index contributed by atoms with van der Waals surface area (Å²) in [6, 6.07) is 1.86. The number of halogens is 1. The van der Waals surface area contributed by atoms with Crippen molar-refractivity contribution < 1.29 is 9.53 Å². The van der Waals surface area contributed by atoms with E-state index in [0.29, 0.717) is 17.4 Å². The summed E-state index contributed by atoms with van der Waals surface area (Å²) in [7, 11) is 0. The Morgan fingerprint density at radius 3 is 3.00 bits per heavy atom. The van der Waals surface area contributed by atoms with Gasteiger partial charge < -0.3 is 9.30 Å². The molecule has 17 heavy (non-hydrogen) atoms. The molecule has 2 aromatic heterocycles. The zero-order chi connectivity index (χ0) is 12.4. The predicted molar refractivity (Wildman–Crippen MR) is 63.9 cm³/mol. The number of hydrogen-bond acceptors (Lipinski definition) is 4. The second-order valence-electron chi connectivity index (χ2n) is 3.58. The molecule has 0 spiro atoms. The molecule has 2 aromatic rings. The SMILES string of the molecule is CCOC(=O)Cn1c(C)cc2c(Cl)ncnc21. The molecule has 2 heterocycles. The monoisotopic (exact) mass is 253 g/mol. The van der Waals surface area contributed by atoms with Crippen molar-refractivity contribution in [3.63, 3.8) is 0 Å². The van der Waals surface area contributed by atoms with Crippen LogP contribution in [0.3, 0.4) is 0 Å². The van der Waals surface area contributed by atoms with Gasteiger partial charge in [-0.3, -0.25) is 4.79 Å². The van der Waals surface area contributed by atoms with Crippen molar-refractivity contribution in [2.75, 3.05) is 6.61 Å². The molecular formula is C11H12ClN3O2. The number of aryl methyl sites for hydroxylation is 1. The maximum absolute atomic E-state index is 11.5. The maximum Gasteiger partial charge on any atom is 0.326 e. The van der Waals surface area contributed by atoms with E-state index < -0.39 is 0 Å². The van der Waals surface area contributed by atoms with E-state index in [4.69, 9.17) is 16.3 Å². The molecule has 6 heteroatoms. The second kappa shape index (κ2) is 4.71. The minimum absolute atomic E-state index is 0.135. The first-order valence-corrected chi connectivity index (χ1v) is 5.63. The van der Waals surface area contributed by atoms with Crippen LogP contribution in [0.2, 0.25) is 5.15 Å². The maximum atomic E-state index is 11.5. The number of hydrogen-bond donors (Lipinski definition) is 0. The smallest absolute Gasteiger partial charge is 0.326 e. The van der Waals surface area contributed by atoms with Crippen molar-refractivity contribution in [2.24, 2.45) is 0 Å². The van der Waals surface area contributed by atoms with Crippen molar-refractivity contribution in [1.82, 2.24) is 14.5 Å². The topological polar surface area (TPSA) is 57.0 Å². The fourth-order valence-electron chi connectivity index (χ4n) is 1.69. The molecule has 90 valence electrons. The van der Waals surface area contributed by atoms with Gasteiger partial charge in [0.05, 0.1) is 12.0 Å². The quantitative estimate of drug-likeness (QED) is 0.620. The fraction of sp³-hybridized carbons (Fsp3) is 0.364. The van der Waals surface area contributed by atoms with Gasteiger partial charge in [0.1, 0.15) is 23.7 Å². The van der Waals surface area contributed by atoms with Crippen LogP contribution in [-0.4, -0.2) is 27.1 Å². The first kappa shape index (κ1) is 11.9. The van der Waals surface area contributed by atoms with E-state index in [1.807, 2.05) is 13.0 Å². The zero-order valence-electron chi connectivity index (χ0n) is 9.61. The summed E-state index contributed by atoms with van der Waals surface area (Å²) in [5.74, 6) is -0.289. The van der Waals surface area contributed by atoms with Crippen molar-refractivity contribution in [2.45, 2.75) is 20.4 Å². The van der Waals surface area contributed by atoms with E-state index in [1.54, 1.807) is 11.5 Å². The molecule has 0 N–H and O–H groups in total. The lowest BCUT2D eigenvalue weighted by Gasteiger charge is -2.06. The van der Waals surface area contributed by atoms with Crippen LogP contribution in [0.1, 0.15) is 12.6 Å². The van der Waals surface area contributed by atoms with Gasteiger partial charge in [0.25, 0.3) is 0 Å². The highest BCUT2D eigenvalue weighted by atomic mass is 35.5. The Kier molecular flexibility index (Phi) is 3.28. The van der Waals surface area contributed by atoms with E-state index >= 15 is 0 Å². The van der Waals surface area contributed by atoms with E-state index in [1.165, 1.54) is 6.33 Å². The van der Waals surface area contributed by atoms with E-state index in [0.717, 1.165) is 11.1 Å². The Hall–Kier alpha value is -1.62. The average molecular weight is 254 g/mol. The number of carbonyl (C=O) groups excluding carboxylic acids is 1. The van der Waals surface area contributed by atoms with Gasteiger partial charge in [0, 0.05) is 5.69 Å². The minimum Gasteiger partial charge on any atom is -0.465 e. The molecule has 0 unspecified atom stereocenters. The zero-order valence-corrected chi connectivity index (χ0v) is 10.4. The molecule has 0 atom stereocenters. The average Bonchev–Trinajstić information content (AvgIpc) is 2.58. The van der Waals surface area contributed by atoms with E-state index in [9.17, 15) is 4.79 Å². The summed E-state index contributed by atoms with van der Waals surface area (Å²) in [6.45, 7) is 4.16. The second-order valence-corrected chi connectivity index (χ2v) is 3.94. The lowest BCUT2D eigenvalue weighted by atomic mass is 10.4. The largest absolute Gasteiger partial charge is 0.465 e. The summed E-state index contributed by atoms with van der Waals surface area (Å²) >= 11 is 5.96. The number of esters is 1. The highest BCUT2D eigenvalue weighted by Crippen LogP contribution is 2.22. The Bertz CT molecular complexity index is 565. The van der Waals surface area contributed by atoms with Crippen LogP contribution in [0, 0.1) is 6.92 Å². The first-order chi connectivity index (χ1) is 8.13. The molecule has 0 saturated heterocycles. The molecule has 0 radical (unpaired) electrons. The third kappa shape index (κ3) is 2.24. The van der Waals surface area contributed by atoms with E-state index in [-0.39, 0.29) is 12.5 Å². The van der Waals surface area contributed by atoms with Crippen LogP contribution < -0.4 is 0 Å². The molecule has 0 aliphatic rings. The molecule has 0 aliphatic heterocycles. The number of aromatic nitrogens is 3. The Balaban J connectivity index is 2.43. The predicted octanol–water partition coefficient (Wildman–Crippen LogP) is 1.96. The van der Waals surface area contributed by atoms with Crippen LogP contribution in [0.4, 0.5) is 0 Å². The third-order valence-corrected chi connectivity index (χ3v) is 2.74. The molecule has 0 aliphatic carbocycles. The summed E-state index contributed by atoms with van der Waals surface area (Å²) < 4.78 is 6.68. The van der Waals surface area contributed by atoms with E-state index in [2.05, 4.69) is 9.97 Å². The molecule has 0 aromatic carbocycles. The Morgan fingerprint density at radius 1 is 1.53 bits per heavy atom. The van der Waals surface area contributed by atoms with Crippen molar-refractivity contribution in [1.29, 1.82) is 0 Å². The van der Waals surface area contributed by atoms with Gasteiger partial charge in [-0.25, -0.2) is 9.97 Å². The van der Waals surface area contributed by atoms with Gasteiger partial charge in [0.15, 0.2) is 0 Å². The summed E-state index contributed by atoms with van der Waals surface area (Å²) in [5.41, 5.74) is 1.55. The lowest BCUT2D eigenvalue weighted by molar-refractivity contribution is -0.143. The van der Waals surface area contributed by atoms with Crippen molar-refractivity contribution in [3.8, 4) is 0 Å². The highest BCUT2D eigenvalue weighted by molar-refractivity contribution is 6.33. The number of rotatable bonds is 3. The molecular weight excluding hydrogens is 242 g/mol. The van der Waals surface area contributed by atoms with Crippen LogP contribution >= 0.6 is 11.6 Å². The van der Waals surface area contributed by atoms with Crippen LogP contribution in [-0.2, 0) is 16.1 Å². The minimum atomic E-state index is -0.289. The Morgan fingerprint density at radius 2 is 2.29 bits per heavy atom. The highest BCUT2D eigenvalue weighted by Gasteiger charge is 2.13. The Labute approximate surface area is 103 Å². The summed E-state index contributed by atoms with van der Waals surface area (Å²) in [5, 5.41) is 1.14. The normalized spacial score (nSPS) is 10.8. The molecule has 0 saturated carbocycles. The van der Waals surface area contributed by atoms with Gasteiger partial charge in [-0.05, 0) is 19.9 Å². The van der Waals surface area contributed by atoms with Crippen molar-refractivity contribution >= 4 is 28.6 Å². The molecule has 0 fully saturated rings. The molecule has 5 nitrogen and oxygen atoms in total. The molecule has 0 amide bonds. The third-order valence-electron chi connectivity index (χ3n) is 2.44. The van der Waals surface area contributed by atoms with Gasteiger partial charge >= 0.3 is 5.97 Å². The fourth-order valence-corrected chi connectivity index (χ4v) is 1.88. The number of fused-ring (bicyclic) bond motifs is 1. The first-order valence-electron chi connectivity index (χ1n) is 5.25. The van der Waals surface area contributed by atoms with Gasteiger partial charge in [-0.2, -0.15) is 0 Å². The van der Waals surface area contributed by atoms with Gasteiger partial charge in [-0.1, -0.05) is 11.6 Å². The van der Waals surface area contributed by atoms with Crippen LogP contribution in [0.25, 0.3) is 11.0 Å². The van der Waals surface area contributed by atoms with Crippen molar-refractivity contribution in [3.05, 3.63) is 23.2 Å². The summed E-state index contributed by atoms with van der Waals surface area (Å²) in [6.07, 6.45) is 1.38. The molecule has 0 bridgehead atoms. The standard InChI is InChI=1S/C11H12ClN3O2/c1-3-17-9(16)5-15-7(2)4-8-10(12)13-6-14-11(8)15/h4,6H,3,5H2,1-2H3. The number of ether oxygens (including phenoxy) is 1. The number of nitrogens with zero attached hydrogens (tertiary/aromatic N) is 3. The lowest BCUT2D eigenvalue weighted by Crippen LogP contribution is -2.14. The van der Waals surface area contributed by atoms with Crippen LogP contribution in [0.5, 0.6) is 0 Å². The summed E-state index contributed by atoms with van der Waals surface area (Å²) in [4.78, 5) is 19.5. The molecule has 2 rings (SSSR count). The van der Waals surface area contributed by atoms with Gasteiger partial charge in [-0.15, -0.1) is 0 Å². The van der Waals surface area contributed by atoms with Gasteiger partial charge in [0.2, 0.25) is 0 Å². The number of carbonyl (C=O) groups is 1.